The number of benzene rings is 2. The van der Waals surface area contributed by atoms with Crippen LogP contribution in [0.25, 0.3) is 11.4 Å². The van der Waals surface area contributed by atoms with Crippen LogP contribution in [0.5, 0.6) is 5.75 Å². The number of hydrogen-bond donors (Lipinski definition) is 0. The molecule has 0 spiro atoms. The van der Waals surface area contributed by atoms with Gasteiger partial charge >= 0.3 is 0 Å². The highest BCUT2D eigenvalue weighted by Crippen LogP contribution is 2.41. The first kappa shape index (κ1) is 18.4. The Kier molecular flexibility index (Phi) is 5.25. The molecule has 1 aliphatic rings. The number of nitro benzene ring substituents is 1. The van der Waals surface area contributed by atoms with Gasteiger partial charge in [-0.05, 0) is 31.0 Å². The van der Waals surface area contributed by atoms with E-state index in [1.165, 1.54) is 30.0 Å². The maximum atomic E-state index is 14.2. The second-order valence-corrected chi connectivity index (χ2v) is 7.40. The van der Waals surface area contributed by atoms with Crippen molar-refractivity contribution in [3.8, 4) is 17.1 Å². The fourth-order valence-electron chi connectivity index (χ4n) is 2.84. The van der Waals surface area contributed by atoms with Gasteiger partial charge in [-0.2, -0.15) is 0 Å². The third-order valence-electron chi connectivity index (χ3n) is 4.30. The lowest BCUT2D eigenvalue weighted by atomic mass is 10.2. The molecule has 144 valence electrons. The quantitative estimate of drug-likeness (QED) is 0.240. The second kappa shape index (κ2) is 7.97. The molecule has 0 saturated heterocycles. The number of aromatic nitrogens is 3. The van der Waals surface area contributed by atoms with Crippen molar-refractivity contribution in [1.29, 1.82) is 0 Å². The van der Waals surface area contributed by atoms with Crippen LogP contribution in [0, 0.1) is 15.9 Å². The lowest BCUT2D eigenvalue weighted by Gasteiger charge is -2.10. The van der Waals surface area contributed by atoms with Crippen molar-refractivity contribution in [3.05, 3.63) is 64.5 Å². The molecule has 9 heteroatoms. The van der Waals surface area contributed by atoms with E-state index in [1.807, 2.05) is 4.57 Å². The summed E-state index contributed by atoms with van der Waals surface area (Å²) in [6.45, 7) is 0.360. The Labute approximate surface area is 164 Å². The zero-order valence-electron chi connectivity index (χ0n) is 14.8. The van der Waals surface area contributed by atoms with Crippen LogP contribution in [-0.4, -0.2) is 32.0 Å². The van der Waals surface area contributed by atoms with E-state index >= 15 is 0 Å². The summed E-state index contributed by atoms with van der Waals surface area (Å²) in [5.41, 5.74) is 0.440. The molecule has 0 N–H and O–H groups in total. The van der Waals surface area contributed by atoms with E-state index in [0.29, 0.717) is 35.5 Å². The number of hydrogen-bond acceptors (Lipinski definition) is 6. The van der Waals surface area contributed by atoms with E-state index in [1.54, 1.807) is 30.3 Å². The molecule has 0 unspecified atom stereocenters. The van der Waals surface area contributed by atoms with Crippen LogP contribution >= 0.6 is 11.8 Å². The Balaban J connectivity index is 1.42. The normalized spacial score (nSPS) is 13.5. The van der Waals surface area contributed by atoms with Crippen LogP contribution in [-0.2, 0) is 0 Å². The van der Waals surface area contributed by atoms with E-state index in [-0.39, 0.29) is 11.5 Å². The van der Waals surface area contributed by atoms with Crippen LogP contribution in [0.1, 0.15) is 18.9 Å². The van der Waals surface area contributed by atoms with Crippen molar-refractivity contribution in [2.45, 2.75) is 24.0 Å². The van der Waals surface area contributed by atoms with E-state index in [0.717, 1.165) is 18.0 Å². The summed E-state index contributed by atoms with van der Waals surface area (Å²) in [5, 5.41) is 20.0. The Hall–Kier alpha value is -2.94. The molecular formula is C19H17FN4O3S. The van der Waals surface area contributed by atoms with Crippen molar-refractivity contribution >= 4 is 17.4 Å². The topological polar surface area (TPSA) is 83.1 Å². The molecule has 0 atom stereocenters. The number of ether oxygens (including phenoxy) is 1. The molecule has 2 aromatic carbocycles. The molecule has 4 rings (SSSR count). The van der Waals surface area contributed by atoms with Gasteiger partial charge < -0.3 is 4.74 Å². The largest absolute Gasteiger partial charge is 0.492 e. The Morgan fingerprint density at radius 3 is 2.79 bits per heavy atom. The van der Waals surface area contributed by atoms with E-state index in [4.69, 9.17) is 4.74 Å². The van der Waals surface area contributed by atoms with Gasteiger partial charge in [-0.1, -0.05) is 30.0 Å². The van der Waals surface area contributed by atoms with Crippen molar-refractivity contribution in [2.24, 2.45) is 0 Å². The van der Waals surface area contributed by atoms with E-state index in [9.17, 15) is 14.5 Å². The summed E-state index contributed by atoms with van der Waals surface area (Å²) in [6.07, 6.45) is 2.05. The minimum atomic E-state index is -0.454. The summed E-state index contributed by atoms with van der Waals surface area (Å²) in [5.74, 6) is 1.26. The Bertz CT molecular complexity index is 1010. The predicted molar refractivity (Wildman–Crippen MR) is 103 cm³/mol. The minimum Gasteiger partial charge on any atom is -0.492 e. The summed E-state index contributed by atoms with van der Waals surface area (Å²) in [7, 11) is 0. The first-order valence-electron chi connectivity index (χ1n) is 8.83. The van der Waals surface area contributed by atoms with Gasteiger partial charge in [0.2, 0.25) is 0 Å². The van der Waals surface area contributed by atoms with Gasteiger partial charge in [0.1, 0.15) is 11.6 Å². The van der Waals surface area contributed by atoms with Gasteiger partial charge in [0, 0.05) is 17.9 Å². The zero-order chi connectivity index (χ0) is 19.5. The molecule has 0 aliphatic heterocycles. The molecule has 0 bridgehead atoms. The average molecular weight is 400 g/mol. The first-order valence-corrected chi connectivity index (χ1v) is 9.82. The smallest absolute Gasteiger partial charge is 0.273 e. The number of halogens is 1. The van der Waals surface area contributed by atoms with Crippen molar-refractivity contribution in [1.82, 2.24) is 14.8 Å². The van der Waals surface area contributed by atoms with Crippen molar-refractivity contribution < 1.29 is 14.1 Å². The van der Waals surface area contributed by atoms with Gasteiger partial charge in [0.05, 0.1) is 23.2 Å². The molecule has 1 saturated carbocycles. The van der Waals surface area contributed by atoms with Crippen LogP contribution in [0.4, 0.5) is 10.1 Å². The highest BCUT2D eigenvalue weighted by Gasteiger charge is 2.30. The molecule has 3 aromatic rings. The van der Waals surface area contributed by atoms with Crippen molar-refractivity contribution in [2.75, 3.05) is 12.4 Å². The molecule has 0 amide bonds. The molecule has 7 nitrogen and oxygen atoms in total. The van der Waals surface area contributed by atoms with Crippen LogP contribution in [0.3, 0.4) is 0 Å². The molecule has 0 radical (unpaired) electrons. The molecular weight excluding hydrogens is 383 g/mol. The van der Waals surface area contributed by atoms with Gasteiger partial charge in [0.15, 0.2) is 11.0 Å². The molecule has 1 fully saturated rings. The number of non-ortho nitro benzene ring substituents is 1. The summed E-state index contributed by atoms with van der Waals surface area (Å²) < 4.78 is 21.8. The standard InChI is InChI=1S/C19H17FN4O3S/c20-17-7-2-1-6-16(17)18-21-22-19(23(18)13-8-9-13)28-11-10-27-15-5-3-4-14(12-15)24(25)26/h1-7,12-13H,8-11H2. The fraction of sp³-hybridized carbons (Fsp3) is 0.263. The first-order chi connectivity index (χ1) is 13.6. The molecule has 1 aromatic heterocycles. The fourth-order valence-corrected chi connectivity index (χ4v) is 3.67. The summed E-state index contributed by atoms with van der Waals surface area (Å²) in [6, 6.07) is 12.9. The van der Waals surface area contributed by atoms with E-state index in [2.05, 4.69) is 10.2 Å². The maximum absolute atomic E-state index is 14.2. The van der Waals surface area contributed by atoms with Gasteiger partial charge in [0.25, 0.3) is 5.69 Å². The zero-order valence-corrected chi connectivity index (χ0v) is 15.6. The van der Waals surface area contributed by atoms with Crippen molar-refractivity contribution in [3.63, 3.8) is 0 Å². The van der Waals surface area contributed by atoms with Crippen LogP contribution < -0.4 is 4.74 Å². The molecule has 1 heterocycles. The molecule has 1 aliphatic carbocycles. The average Bonchev–Trinajstić information content (AvgIpc) is 3.45. The van der Waals surface area contributed by atoms with E-state index < -0.39 is 4.92 Å². The maximum Gasteiger partial charge on any atom is 0.273 e. The van der Waals surface area contributed by atoms with Crippen LogP contribution in [0.15, 0.2) is 53.7 Å². The second-order valence-electron chi connectivity index (χ2n) is 6.34. The monoisotopic (exact) mass is 400 g/mol. The Morgan fingerprint density at radius 1 is 1.21 bits per heavy atom. The lowest BCUT2D eigenvalue weighted by Crippen LogP contribution is -2.04. The number of nitro groups is 1. The van der Waals surface area contributed by atoms with Gasteiger partial charge in [-0.3, -0.25) is 14.7 Å². The lowest BCUT2D eigenvalue weighted by molar-refractivity contribution is -0.384. The SMILES string of the molecule is O=[N+]([O-])c1cccc(OCCSc2nnc(-c3ccccc3F)n2C2CC2)c1. The Morgan fingerprint density at radius 2 is 2.04 bits per heavy atom. The number of thioether (sulfide) groups is 1. The predicted octanol–water partition coefficient (Wildman–Crippen LogP) is 4.50. The highest BCUT2D eigenvalue weighted by atomic mass is 32.2. The minimum absolute atomic E-state index is 0.00633. The number of nitrogens with zero attached hydrogens (tertiary/aromatic N) is 4. The third kappa shape index (κ3) is 3.99. The third-order valence-corrected chi connectivity index (χ3v) is 5.21. The number of rotatable bonds is 8. The van der Waals surface area contributed by atoms with Crippen LogP contribution in [0.2, 0.25) is 0 Å². The van der Waals surface area contributed by atoms with Gasteiger partial charge in [-0.15, -0.1) is 10.2 Å². The summed E-state index contributed by atoms with van der Waals surface area (Å²) >= 11 is 1.47. The molecule has 28 heavy (non-hydrogen) atoms. The van der Waals surface area contributed by atoms with Gasteiger partial charge in [-0.25, -0.2) is 4.39 Å². The highest BCUT2D eigenvalue weighted by molar-refractivity contribution is 7.99. The summed E-state index contributed by atoms with van der Waals surface area (Å²) in [4.78, 5) is 10.4.